The zero-order chi connectivity index (χ0) is 22.1. The summed E-state index contributed by atoms with van der Waals surface area (Å²) in [6, 6.07) is 13.0. The first-order valence-electron chi connectivity index (χ1n) is 10.7. The number of fused-ring (bicyclic) bond motifs is 2. The first-order valence-corrected chi connectivity index (χ1v) is 11.9. The molecule has 0 saturated carbocycles. The van der Waals surface area contributed by atoms with Gasteiger partial charge in [0.2, 0.25) is 6.10 Å². The molecule has 0 bridgehead atoms. The number of para-hydroxylation sites is 2. The van der Waals surface area contributed by atoms with Crippen molar-refractivity contribution in [3.8, 4) is 11.5 Å². The van der Waals surface area contributed by atoms with Crippen molar-refractivity contribution in [3.05, 3.63) is 47.5 Å². The maximum absolute atomic E-state index is 13.8. The van der Waals surface area contributed by atoms with Crippen LogP contribution in [0.25, 0.3) is 10.2 Å². The normalized spacial score (nSPS) is 20.9. The summed E-state index contributed by atoms with van der Waals surface area (Å²) in [5.74, 6) is 1.07. The molecular formula is C23H24ClN3O4S. The molecule has 1 saturated heterocycles. The molecule has 0 aliphatic carbocycles. The molecule has 2 aliphatic heterocycles. The minimum atomic E-state index is -0.759. The summed E-state index contributed by atoms with van der Waals surface area (Å²) in [6.45, 7) is 6.21. The molecule has 5 rings (SSSR count). The third-order valence-corrected chi connectivity index (χ3v) is 6.94. The third-order valence-electron chi connectivity index (χ3n) is 5.67. The van der Waals surface area contributed by atoms with E-state index in [9.17, 15) is 4.79 Å². The number of rotatable bonds is 5. The number of nitrogens with zero attached hydrogens (tertiary/aromatic N) is 3. The number of ether oxygens (including phenoxy) is 3. The Morgan fingerprint density at radius 1 is 1.19 bits per heavy atom. The first kappa shape index (κ1) is 21.5. The molecule has 0 spiro atoms. The zero-order valence-corrected chi connectivity index (χ0v) is 19.3. The van der Waals surface area contributed by atoms with E-state index in [4.69, 9.17) is 30.8 Å². The highest BCUT2D eigenvalue weighted by molar-refractivity contribution is 7.22. The van der Waals surface area contributed by atoms with E-state index in [1.807, 2.05) is 49.4 Å². The number of aromatic nitrogens is 1. The molecule has 3 heterocycles. The van der Waals surface area contributed by atoms with Gasteiger partial charge in [0.1, 0.15) is 6.10 Å². The van der Waals surface area contributed by atoms with Gasteiger partial charge in [-0.25, -0.2) is 4.98 Å². The minimum Gasteiger partial charge on any atom is -0.482 e. The third kappa shape index (κ3) is 4.41. The highest BCUT2D eigenvalue weighted by Gasteiger charge is 2.38. The van der Waals surface area contributed by atoms with Gasteiger partial charge >= 0.3 is 0 Å². The number of hydrogen-bond donors (Lipinski definition) is 0. The smallest absolute Gasteiger partial charge is 0.273 e. The van der Waals surface area contributed by atoms with Gasteiger partial charge in [0.05, 0.1) is 23.4 Å². The molecule has 32 heavy (non-hydrogen) atoms. The Balaban J connectivity index is 1.43. The van der Waals surface area contributed by atoms with Gasteiger partial charge < -0.3 is 14.2 Å². The van der Waals surface area contributed by atoms with Crippen molar-refractivity contribution >= 4 is 44.2 Å². The number of hydrogen-bond acceptors (Lipinski definition) is 7. The monoisotopic (exact) mass is 473 g/mol. The molecule has 1 fully saturated rings. The Labute approximate surface area is 195 Å². The van der Waals surface area contributed by atoms with Crippen LogP contribution in [-0.4, -0.2) is 67.4 Å². The van der Waals surface area contributed by atoms with Gasteiger partial charge in [-0.3, -0.25) is 14.6 Å². The fourth-order valence-corrected chi connectivity index (χ4v) is 5.19. The van der Waals surface area contributed by atoms with Gasteiger partial charge in [-0.2, -0.15) is 0 Å². The predicted molar refractivity (Wildman–Crippen MR) is 125 cm³/mol. The lowest BCUT2D eigenvalue weighted by atomic mass is 10.1. The summed E-state index contributed by atoms with van der Waals surface area (Å²) >= 11 is 7.62. The Bertz CT molecular complexity index is 1120. The second-order valence-corrected chi connectivity index (χ2v) is 9.31. The maximum atomic E-state index is 13.8. The molecule has 3 aromatic rings. The van der Waals surface area contributed by atoms with Crippen molar-refractivity contribution in [1.29, 1.82) is 0 Å². The van der Waals surface area contributed by atoms with Gasteiger partial charge in [-0.05, 0) is 37.3 Å². The molecular weight excluding hydrogens is 450 g/mol. The Hall–Kier alpha value is -2.39. The zero-order valence-electron chi connectivity index (χ0n) is 17.7. The van der Waals surface area contributed by atoms with Crippen LogP contribution >= 0.6 is 22.9 Å². The standard InChI is InChI=1S/C23H24ClN3O4S/c1-15-21(31-19-5-3-2-4-18(19)30-15)22(28)27(9-8-26-10-12-29-13-11-26)23-25-17-7-6-16(24)14-20(17)32-23/h2-7,14-15,21H,8-13H2,1H3. The highest BCUT2D eigenvalue weighted by Crippen LogP contribution is 2.36. The second kappa shape index (κ2) is 9.23. The minimum absolute atomic E-state index is 0.162. The van der Waals surface area contributed by atoms with Crippen LogP contribution in [0.15, 0.2) is 42.5 Å². The Morgan fingerprint density at radius 3 is 2.72 bits per heavy atom. The molecule has 2 unspecified atom stereocenters. The molecule has 168 valence electrons. The molecule has 2 atom stereocenters. The van der Waals surface area contributed by atoms with Crippen molar-refractivity contribution in [2.75, 3.05) is 44.3 Å². The number of benzene rings is 2. The van der Waals surface area contributed by atoms with Gasteiger partial charge in [-0.1, -0.05) is 35.1 Å². The number of amides is 1. The molecule has 9 heteroatoms. The number of morpholine rings is 1. The lowest BCUT2D eigenvalue weighted by Gasteiger charge is -2.34. The average molecular weight is 474 g/mol. The van der Waals surface area contributed by atoms with E-state index in [1.165, 1.54) is 11.3 Å². The predicted octanol–water partition coefficient (Wildman–Crippen LogP) is 3.84. The highest BCUT2D eigenvalue weighted by atomic mass is 35.5. The number of carbonyl (C=O) groups excluding carboxylic acids is 1. The van der Waals surface area contributed by atoms with E-state index in [1.54, 1.807) is 4.90 Å². The van der Waals surface area contributed by atoms with Crippen LogP contribution in [0.3, 0.4) is 0 Å². The van der Waals surface area contributed by atoms with Gasteiger partial charge in [0.25, 0.3) is 5.91 Å². The van der Waals surface area contributed by atoms with Crippen LogP contribution in [0.5, 0.6) is 11.5 Å². The van der Waals surface area contributed by atoms with Crippen molar-refractivity contribution in [2.45, 2.75) is 19.1 Å². The van der Waals surface area contributed by atoms with Crippen LogP contribution in [-0.2, 0) is 9.53 Å². The molecule has 7 nitrogen and oxygen atoms in total. The summed E-state index contributed by atoms with van der Waals surface area (Å²) in [7, 11) is 0. The lowest BCUT2D eigenvalue weighted by Crippen LogP contribution is -2.52. The molecule has 1 aromatic heterocycles. The van der Waals surface area contributed by atoms with Gasteiger partial charge in [0.15, 0.2) is 16.6 Å². The summed E-state index contributed by atoms with van der Waals surface area (Å²) in [5.41, 5.74) is 0.817. The molecule has 0 radical (unpaired) electrons. The quantitative estimate of drug-likeness (QED) is 0.561. The summed E-state index contributed by atoms with van der Waals surface area (Å²) in [6.07, 6.45) is -1.18. The molecule has 1 amide bonds. The van der Waals surface area contributed by atoms with Crippen LogP contribution in [0.4, 0.5) is 5.13 Å². The Kier molecular flexibility index (Phi) is 6.19. The van der Waals surface area contributed by atoms with Crippen LogP contribution in [0, 0.1) is 0 Å². The van der Waals surface area contributed by atoms with Crippen molar-refractivity contribution in [3.63, 3.8) is 0 Å². The number of carbonyl (C=O) groups is 1. The lowest BCUT2D eigenvalue weighted by molar-refractivity contribution is -0.130. The first-order chi connectivity index (χ1) is 15.6. The van der Waals surface area contributed by atoms with E-state index in [0.717, 1.165) is 29.9 Å². The average Bonchev–Trinajstić information content (AvgIpc) is 3.22. The van der Waals surface area contributed by atoms with E-state index < -0.39 is 12.2 Å². The van der Waals surface area contributed by atoms with E-state index in [-0.39, 0.29) is 5.91 Å². The maximum Gasteiger partial charge on any atom is 0.273 e. The summed E-state index contributed by atoms with van der Waals surface area (Å²) < 4.78 is 18.5. The summed E-state index contributed by atoms with van der Waals surface area (Å²) in [4.78, 5) is 22.5. The van der Waals surface area contributed by atoms with Crippen LogP contribution < -0.4 is 14.4 Å². The number of halogens is 1. The summed E-state index contributed by atoms with van der Waals surface area (Å²) in [5, 5.41) is 1.28. The van der Waals surface area contributed by atoms with Gasteiger partial charge in [-0.15, -0.1) is 0 Å². The van der Waals surface area contributed by atoms with E-state index >= 15 is 0 Å². The molecule has 0 N–H and O–H groups in total. The van der Waals surface area contributed by atoms with Crippen LogP contribution in [0.1, 0.15) is 6.92 Å². The molecule has 2 aromatic carbocycles. The van der Waals surface area contributed by atoms with Crippen molar-refractivity contribution in [2.24, 2.45) is 0 Å². The number of anilines is 1. The SMILES string of the molecule is CC1Oc2ccccc2OC1C(=O)N(CCN1CCOCC1)c1nc2ccc(Cl)cc2s1. The molecule has 2 aliphatic rings. The Morgan fingerprint density at radius 2 is 1.94 bits per heavy atom. The largest absolute Gasteiger partial charge is 0.482 e. The topological polar surface area (TPSA) is 64.1 Å². The van der Waals surface area contributed by atoms with E-state index in [0.29, 0.717) is 41.4 Å². The fourth-order valence-electron chi connectivity index (χ4n) is 3.91. The van der Waals surface area contributed by atoms with E-state index in [2.05, 4.69) is 4.90 Å². The number of thiazole rings is 1. The van der Waals surface area contributed by atoms with Crippen LogP contribution in [0.2, 0.25) is 5.02 Å². The van der Waals surface area contributed by atoms with Crippen molar-refractivity contribution < 1.29 is 19.0 Å². The second-order valence-electron chi connectivity index (χ2n) is 7.86. The van der Waals surface area contributed by atoms with Crippen molar-refractivity contribution in [1.82, 2.24) is 9.88 Å². The fraction of sp³-hybridized carbons (Fsp3) is 0.391. The van der Waals surface area contributed by atoms with Gasteiger partial charge in [0, 0.05) is 31.2 Å².